The van der Waals surface area contributed by atoms with Gasteiger partial charge in [-0.3, -0.25) is 4.79 Å². The van der Waals surface area contributed by atoms with Crippen LogP contribution in [0.4, 0.5) is 8.78 Å². The first-order chi connectivity index (χ1) is 11.4. The molecule has 1 radical (unpaired) electrons. The predicted octanol–water partition coefficient (Wildman–Crippen LogP) is 3.97. The Labute approximate surface area is 191 Å². The molecule has 0 aliphatic heterocycles. The Morgan fingerprint density at radius 2 is 2.08 bits per heavy atom. The number of benzene rings is 1. The van der Waals surface area contributed by atoms with Gasteiger partial charge in [-0.15, -0.1) is 28.7 Å². The van der Waals surface area contributed by atoms with Gasteiger partial charge in [0.25, 0.3) is 6.43 Å². The van der Waals surface area contributed by atoms with Gasteiger partial charge in [-0.25, -0.2) is 8.78 Å². The van der Waals surface area contributed by atoms with Gasteiger partial charge in [-0.2, -0.15) is 12.1 Å². The van der Waals surface area contributed by atoms with Crippen LogP contribution < -0.4 is 10.3 Å². The Kier molecular flexibility index (Phi) is 10.2. The maximum Gasteiger partial charge on any atom is 0.256 e. The van der Waals surface area contributed by atoms with Crippen molar-refractivity contribution in [1.82, 2.24) is 4.57 Å². The van der Waals surface area contributed by atoms with Crippen molar-refractivity contribution in [3.05, 3.63) is 48.7 Å². The summed E-state index contributed by atoms with van der Waals surface area (Å²) in [5, 5.41) is 0. The van der Waals surface area contributed by atoms with Crippen molar-refractivity contribution in [3.8, 4) is 17.0 Å². The minimum Gasteiger partial charge on any atom is -0.491 e. The molecule has 0 aliphatic carbocycles. The van der Waals surface area contributed by atoms with Crippen molar-refractivity contribution >= 4 is 38.5 Å². The fourth-order valence-electron chi connectivity index (χ4n) is 2.06. The predicted molar refractivity (Wildman–Crippen MR) is 98.8 cm³/mol. The van der Waals surface area contributed by atoms with E-state index in [1.54, 1.807) is 25.3 Å². The number of pyridine rings is 1. The van der Waals surface area contributed by atoms with Gasteiger partial charge in [0, 0.05) is 39.8 Å². The van der Waals surface area contributed by atoms with Crippen molar-refractivity contribution < 1.29 is 51.0 Å². The summed E-state index contributed by atoms with van der Waals surface area (Å²) in [6, 6.07) is 9.53. The van der Waals surface area contributed by atoms with Crippen LogP contribution in [0.5, 0.6) is 5.75 Å². The Morgan fingerprint density at radius 3 is 2.68 bits per heavy atom. The first-order valence-electron chi connectivity index (χ1n) is 6.95. The molecule has 0 unspecified atom stereocenters. The summed E-state index contributed by atoms with van der Waals surface area (Å²) in [4.78, 5) is 12.2. The number of ether oxygens (including phenoxy) is 2. The van der Waals surface area contributed by atoms with E-state index in [9.17, 15) is 13.6 Å². The third kappa shape index (κ3) is 6.34. The van der Waals surface area contributed by atoms with E-state index in [4.69, 9.17) is 9.47 Å². The van der Waals surface area contributed by atoms with E-state index in [1.165, 1.54) is 6.07 Å². The number of rotatable bonds is 7. The van der Waals surface area contributed by atoms with Gasteiger partial charge in [0.15, 0.2) is 0 Å². The molecule has 1 heterocycles. The van der Waals surface area contributed by atoms with Gasteiger partial charge in [0.05, 0.1) is 13.2 Å². The smallest absolute Gasteiger partial charge is 0.256 e. The number of alkyl halides is 2. The third-order valence-electron chi connectivity index (χ3n) is 3.13. The second-order valence-corrected chi connectivity index (χ2v) is 6.79. The molecule has 0 amide bonds. The van der Waals surface area contributed by atoms with E-state index >= 15 is 0 Å². The standard InChI is InChI=1S/C16H14BrF2INO3.Y/c1-23-6-7-24-10-2-3-11(12(17)8-10)14-5-4-13(20)16(22)21(14)9-15(18)19;/h2-4,8,15H,6-7,9H2,1H3;/q-1;. The van der Waals surface area contributed by atoms with Crippen molar-refractivity contribution in [3.63, 3.8) is 0 Å². The SMILES string of the molecule is COCCOc1ccc(-c2[c-]cc(I)c(=O)n2CC(F)F)c(Br)c1.[Y]. The van der Waals surface area contributed by atoms with Gasteiger partial charge in [-0.05, 0) is 20.2 Å². The summed E-state index contributed by atoms with van der Waals surface area (Å²) in [6.45, 7) is 0.173. The number of halogens is 4. The fourth-order valence-corrected chi connectivity index (χ4v) is 3.05. The van der Waals surface area contributed by atoms with Crippen LogP contribution in [-0.2, 0) is 44.0 Å². The van der Waals surface area contributed by atoms with Crippen LogP contribution in [0.15, 0.2) is 33.5 Å². The van der Waals surface area contributed by atoms with Gasteiger partial charge in [-0.1, -0.05) is 27.2 Å². The van der Waals surface area contributed by atoms with Crippen molar-refractivity contribution in [1.29, 1.82) is 0 Å². The second kappa shape index (κ2) is 11.1. The molecule has 2 rings (SSSR count). The second-order valence-electron chi connectivity index (χ2n) is 4.77. The first-order valence-corrected chi connectivity index (χ1v) is 8.82. The Balaban J connectivity index is 0.00000312. The summed E-state index contributed by atoms with van der Waals surface area (Å²) >= 11 is 5.21. The maximum atomic E-state index is 12.8. The molecule has 0 bridgehead atoms. The average molecular weight is 602 g/mol. The van der Waals surface area contributed by atoms with Gasteiger partial charge in [0.2, 0.25) is 5.56 Å². The Morgan fingerprint density at radius 1 is 1.36 bits per heavy atom. The van der Waals surface area contributed by atoms with E-state index in [2.05, 4.69) is 22.0 Å². The van der Waals surface area contributed by atoms with Gasteiger partial charge in [0.1, 0.15) is 12.4 Å². The van der Waals surface area contributed by atoms with E-state index < -0.39 is 18.5 Å². The van der Waals surface area contributed by atoms with E-state index in [0.717, 1.165) is 4.57 Å². The monoisotopic (exact) mass is 601 g/mol. The van der Waals surface area contributed by atoms with Crippen LogP contribution in [0.2, 0.25) is 0 Å². The van der Waals surface area contributed by atoms with Crippen LogP contribution in [-0.4, -0.2) is 31.3 Å². The summed E-state index contributed by atoms with van der Waals surface area (Å²) < 4.78 is 38.1. The molecule has 4 nitrogen and oxygen atoms in total. The zero-order valence-electron chi connectivity index (χ0n) is 13.3. The van der Waals surface area contributed by atoms with Crippen LogP contribution in [0.1, 0.15) is 0 Å². The number of methoxy groups -OCH3 is 1. The van der Waals surface area contributed by atoms with Crippen LogP contribution in [0.25, 0.3) is 11.3 Å². The largest absolute Gasteiger partial charge is 0.491 e. The summed E-state index contributed by atoms with van der Waals surface area (Å²) in [5.74, 6) is 0.607. The molecule has 1 aromatic carbocycles. The maximum absolute atomic E-state index is 12.8. The van der Waals surface area contributed by atoms with E-state index in [0.29, 0.717) is 38.3 Å². The molecule has 1 aromatic heterocycles. The minimum absolute atomic E-state index is 0. The van der Waals surface area contributed by atoms with E-state index in [-0.39, 0.29) is 32.7 Å². The number of aromatic nitrogens is 1. The van der Waals surface area contributed by atoms with Gasteiger partial charge >= 0.3 is 0 Å². The fraction of sp³-hybridized carbons (Fsp3) is 0.312. The molecule has 25 heavy (non-hydrogen) atoms. The molecule has 0 saturated heterocycles. The molecule has 0 N–H and O–H groups in total. The Bertz CT molecular complexity index is 774. The normalized spacial score (nSPS) is 10.6. The third-order valence-corrected chi connectivity index (χ3v) is 4.56. The summed E-state index contributed by atoms with van der Waals surface area (Å²) in [5.41, 5.74) is 0.427. The molecule has 133 valence electrons. The van der Waals surface area contributed by atoms with Crippen LogP contribution >= 0.6 is 38.5 Å². The molecule has 0 saturated carbocycles. The van der Waals surface area contributed by atoms with Gasteiger partial charge < -0.3 is 14.0 Å². The topological polar surface area (TPSA) is 40.5 Å². The average Bonchev–Trinajstić information content (AvgIpc) is 2.53. The molecular weight excluding hydrogens is 588 g/mol. The van der Waals surface area contributed by atoms with Crippen molar-refractivity contribution in [2.45, 2.75) is 13.0 Å². The molecule has 0 spiro atoms. The zero-order chi connectivity index (χ0) is 17.7. The van der Waals surface area contributed by atoms with Crippen molar-refractivity contribution in [2.75, 3.05) is 20.3 Å². The molecule has 2 aromatic rings. The summed E-state index contributed by atoms with van der Waals surface area (Å²) in [7, 11) is 1.58. The molecule has 9 heteroatoms. The first kappa shape index (κ1) is 23.1. The quantitative estimate of drug-likeness (QED) is 0.274. The Hall–Kier alpha value is 0.104. The number of hydrogen-bond donors (Lipinski definition) is 0. The molecule has 0 fully saturated rings. The molecule has 0 aliphatic rings. The minimum atomic E-state index is -2.64. The molecular formula is C16H14BrF2INO3Y-. The van der Waals surface area contributed by atoms with Crippen LogP contribution in [0.3, 0.4) is 0 Å². The number of nitrogens with zero attached hydrogens (tertiary/aromatic N) is 1. The molecule has 0 atom stereocenters. The number of hydrogen-bond acceptors (Lipinski definition) is 3. The van der Waals surface area contributed by atoms with Crippen LogP contribution in [0, 0.1) is 9.64 Å². The van der Waals surface area contributed by atoms with Crippen molar-refractivity contribution in [2.24, 2.45) is 0 Å². The zero-order valence-corrected chi connectivity index (χ0v) is 19.9. The van der Waals surface area contributed by atoms with E-state index in [1.807, 2.05) is 22.6 Å². The summed E-state index contributed by atoms with van der Waals surface area (Å²) in [6.07, 6.45) is -2.64.